The van der Waals surface area contributed by atoms with Crippen molar-refractivity contribution in [3.05, 3.63) is 51.0 Å². The molecule has 0 unspecified atom stereocenters. The summed E-state index contributed by atoms with van der Waals surface area (Å²) in [5.41, 5.74) is 4.25. The van der Waals surface area contributed by atoms with E-state index in [0.29, 0.717) is 36.0 Å². The molecule has 1 heterocycles. The van der Waals surface area contributed by atoms with Crippen LogP contribution in [0.1, 0.15) is 24.0 Å². The van der Waals surface area contributed by atoms with Gasteiger partial charge in [0.15, 0.2) is 11.5 Å². The summed E-state index contributed by atoms with van der Waals surface area (Å²) in [6, 6.07) is 9.05. The van der Waals surface area contributed by atoms with E-state index in [1.54, 1.807) is 18.3 Å². The first-order valence-electron chi connectivity index (χ1n) is 8.33. The van der Waals surface area contributed by atoms with Gasteiger partial charge >= 0.3 is 0 Å². The van der Waals surface area contributed by atoms with Crippen LogP contribution in [0.15, 0.2) is 39.9 Å². The number of benzene rings is 2. The summed E-state index contributed by atoms with van der Waals surface area (Å²) >= 11 is 9.35. The summed E-state index contributed by atoms with van der Waals surface area (Å²) < 4.78 is 17.1. The Hall–Kier alpha value is -2.25. The number of carbonyl (C=O) groups excluding carboxylic acids is 1. The molecule has 0 saturated carbocycles. The number of halogens is 2. The lowest BCUT2D eigenvalue weighted by Gasteiger charge is -2.08. The number of rotatable bonds is 7. The largest absolute Gasteiger partial charge is 0.493 e. The van der Waals surface area contributed by atoms with Gasteiger partial charge in [-0.3, -0.25) is 4.79 Å². The number of aryl methyl sites for hydroxylation is 1. The van der Waals surface area contributed by atoms with E-state index in [1.165, 1.54) is 0 Å². The summed E-state index contributed by atoms with van der Waals surface area (Å²) in [5.74, 6) is 1.92. The lowest BCUT2D eigenvalue weighted by Crippen LogP contribution is -2.18. The van der Waals surface area contributed by atoms with Gasteiger partial charge in [-0.2, -0.15) is 5.10 Å². The maximum absolute atomic E-state index is 11.9. The zero-order chi connectivity index (χ0) is 19.2. The van der Waals surface area contributed by atoms with E-state index in [2.05, 4.69) is 26.5 Å². The Kier molecular flexibility index (Phi) is 6.58. The van der Waals surface area contributed by atoms with Crippen molar-refractivity contribution in [2.75, 3.05) is 13.4 Å². The van der Waals surface area contributed by atoms with Crippen molar-refractivity contribution in [1.29, 1.82) is 0 Å². The van der Waals surface area contributed by atoms with E-state index in [0.717, 1.165) is 21.3 Å². The molecule has 1 N–H and O–H groups in total. The van der Waals surface area contributed by atoms with E-state index in [4.69, 9.17) is 25.8 Å². The Morgan fingerprint density at radius 2 is 2.11 bits per heavy atom. The van der Waals surface area contributed by atoms with Crippen LogP contribution in [0.2, 0.25) is 5.02 Å². The molecule has 6 nitrogen and oxygen atoms in total. The van der Waals surface area contributed by atoms with Crippen molar-refractivity contribution in [3.8, 4) is 17.2 Å². The maximum atomic E-state index is 11.9. The quantitative estimate of drug-likeness (QED) is 0.382. The molecule has 0 saturated heterocycles. The smallest absolute Gasteiger partial charge is 0.240 e. The van der Waals surface area contributed by atoms with Crippen LogP contribution in [0.5, 0.6) is 17.2 Å². The van der Waals surface area contributed by atoms with Gasteiger partial charge in [0, 0.05) is 21.5 Å². The standard InChI is InChI=1S/C19H18BrClN2O4/c1-12-7-14(21)4-5-16(12)25-6-2-3-19(24)23-22-10-13-8-17-18(9-15(13)20)27-11-26-17/h4-5,7-10H,2-3,6,11H2,1H3,(H,23,24). The molecular weight excluding hydrogens is 436 g/mol. The molecule has 0 atom stereocenters. The third-order valence-electron chi connectivity index (χ3n) is 3.83. The molecule has 0 fully saturated rings. The van der Waals surface area contributed by atoms with Gasteiger partial charge < -0.3 is 14.2 Å². The highest BCUT2D eigenvalue weighted by Gasteiger charge is 2.15. The number of hydrogen-bond acceptors (Lipinski definition) is 5. The number of amides is 1. The summed E-state index contributed by atoms with van der Waals surface area (Å²) in [6.45, 7) is 2.57. The highest BCUT2D eigenvalue weighted by molar-refractivity contribution is 9.10. The van der Waals surface area contributed by atoms with Gasteiger partial charge in [0.2, 0.25) is 12.7 Å². The molecule has 3 rings (SSSR count). The molecule has 8 heteroatoms. The Labute approximate surface area is 170 Å². The molecular formula is C19H18BrClN2O4. The van der Waals surface area contributed by atoms with Crippen LogP contribution in [0, 0.1) is 6.92 Å². The lowest BCUT2D eigenvalue weighted by molar-refractivity contribution is -0.121. The average Bonchev–Trinajstić information content (AvgIpc) is 3.07. The fraction of sp³-hybridized carbons (Fsp3) is 0.263. The summed E-state index contributed by atoms with van der Waals surface area (Å²) in [6.07, 6.45) is 2.45. The molecule has 1 aliphatic heterocycles. The Morgan fingerprint density at radius 3 is 2.89 bits per heavy atom. The predicted octanol–water partition coefficient (Wildman–Crippen LogP) is 4.45. The van der Waals surface area contributed by atoms with Crippen LogP contribution < -0.4 is 19.6 Å². The zero-order valence-electron chi connectivity index (χ0n) is 14.6. The van der Waals surface area contributed by atoms with Crippen LogP contribution in [0.4, 0.5) is 0 Å². The second-order valence-electron chi connectivity index (χ2n) is 5.88. The van der Waals surface area contributed by atoms with Crippen LogP contribution in [-0.4, -0.2) is 25.5 Å². The highest BCUT2D eigenvalue weighted by Crippen LogP contribution is 2.36. The second kappa shape index (κ2) is 9.10. The van der Waals surface area contributed by atoms with E-state index >= 15 is 0 Å². The van der Waals surface area contributed by atoms with Gasteiger partial charge in [-0.1, -0.05) is 11.6 Å². The SMILES string of the molecule is Cc1cc(Cl)ccc1OCCCC(=O)NN=Cc1cc2c(cc1Br)OCO2. The van der Waals surface area contributed by atoms with E-state index in [-0.39, 0.29) is 12.7 Å². The number of hydrogen-bond donors (Lipinski definition) is 1. The first-order valence-corrected chi connectivity index (χ1v) is 9.50. The van der Waals surface area contributed by atoms with Crippen molar-refractivity contribution in [1.82, 2.24) is 5.43 Å². The fourth-order valence-electron chi connectivity index (χ4n) is 2.45. The molecule has 2 aromatic rings. The van der Waals surface area contributed by atoms with E-state index in [1.807, 2.05) is 25.1 Å². The van der Waals surface area contributed by atoms with Crippen molar-refractivity contribution in [2.24, 2.45) is 5.10 Å². The number of fused-ring (bicyclic) bond motifs is 1. The fourth-order valence-corrected chi connectivity index (χ4v) is 3.10. The monoisotopic (exact) mass is 452 g/mol. The molecule has 0 radical (unpaired) electrons. The topological polar surface area (TPSA) is 69.2 Å². The molecule has 27 heavy (non-hydrogen) atoms. The molecule has 0 spiro atoms. The molecule has 142 valence electrons. The lowest BCUT2D eigenvalue weighted by atomic mass is 10.2. The third kappa shape index (κ3) is 5.37. The number of ether oxygens (including phenoxy) is 3. The van der Waals surface area contributed by atoms with Gasteiger partial charge in [-0.25, -0.2) is 5.43 Å². The normalized spacial score (nSPS) is 12.4. The van der Waals surface area contributed by atoms with Crippen molar-refractivity contribution >= 4 is 39.7 Å². The molecule has 0 aromatic heterocycles. The first kappa shape index (κ1) is 19.5. The van der Waals surface area contributed by atoms with Crippen LogP contribution in [0.25, 0.3) is 0 Å². The number of carbonyl (C=O) groups is 1. The van der Waals surface area contributed by atoms with Gasteiger partial charge in [0.25, 0.3) is 0 Å². The van der Waals surface area contributed by atoms with E-state index in [9.17, 15) is 4.79 Å². The van der Waals surface area contributed by atoms with Gasteiger partial charge in [-0.15, -0.1) is 0 Å². The van der Waals surface area contributed by atoms with Gasteiger partial charge in [0.1, 0.15) is 5.75 Å². The van der Waals surface area contributed by atoms with Crippen molar-refractivity contribution in [3.63, 3.8) is 0 Å². The van der Waals surface area contributed by atoms with Crippen LogP contribution >= 0.6 is 27.5 Å². The van der Waals surface area contributed by atoms with Crippen molar-refractivity contribution < 1.29 is 19.0 Å². The predicted molar refractivity (Wildman–Crippen MR) is 107 cm³/mol. The van der Waals surface area contributed by atoms with Crippen LogP contribution in [0.3, 0.4) is 0 Å². The molecule has 0 aliphatic carbocycles. The minimum atomic E-state index is -0.181. The highest BCUT2D eigenvalue weighted by atomic mass is 79.9. The molecule has 2 aromatic carbocycles. The second-order valence-corrected chi connectivity index (χ2v) is 7.17. The summed E-state index contributed by atoms with van der Waals surface area (Å²) in [7, 11) is 0. The zero-order valence-corrected chi connectivity index (χ0v) is 17.0. The first-order chi connectivity index (χ1) is 13.0. The molecule has 1 amide bonds. The number of nitrogens with one attached hydrogen (secondary N) is 1. The Bertz CT molecular complexity index is 873. The average molecular weight is 454 g/mol. The van der Waals surface area contributed by atoms with Gasteiger partial charge in [0.05, 0.1) is 12.8 Å². The van der Waals surface area contributed by atoms with Gasteiger partial charge in [-0.05, 0) is 65.2 Å². The van der Waals surface area contributed by atoms with E-state index < -0.39 is 0 Å². The summed E-state index contributed by atoms with van der Waals surface area (Å²) in [5, 5.41) is 4.65. The number of hydrazone groups is 1. The Morgan fingerprint density at radius 1 is 1.33 bits per heavy atom. The minimum Gasteiger partial charge on any atom is -0.493 e. The molecule has 0 bridgehead atoms. The number of nitrogens with zero attached hydrogens (tertiary/aromatic N) is 1. The van der Waals surface area contributed by atoms with Crippen molar-refractivity contribution in [2.45, 2.75) is 19.8 Å². The third-order valence-corrected chi connectivity index (χ3v) is 4.75. The molecule has 1 aliphatic rings. The van der Waals surface area contributed by atoms with Crippen LogP contribution in [-0.2, 0) is 4.79 Å². The minimum absolute atomic E-state index is 0.181. The maximum Gasteiger partial charge on any atom is 0.240 e. The summed E-state index contributed by atoms with van der Waals surface area (Å²) in [4.78, 5) is 11.9. The Balaban J connectivity index is 1.41.